The van der Waals surface area contributed by atoms with E-state index in [-0.39, 0.29) is 11.5 Å². The second-order valence-electron chi connectivity index (χ2n) is 6.10. The normalized spacial score (nSPS) is 15.5. The number of ether oxygens (including phenoxy) is 1. The molecule has 1 aliphatic heterocycles. The number of rotatable bonds is 5. The van der Waals surface area contributed by atoms with E-state index in [4.69, 9.17) is 16.3 Å². The zero-order chi connectivity index (χ0) is 17.8. The quantitative estimate of drug-likeness (QED) is 0.878. The molecule has 2 aromatic heterocycles. The molecule has 0 aromatic carbocycles. The number of carbonyl (C=O) groups is 1. The molecule has 0 spiro atoms. The third-order valence-corrected chi connectivity index (χ3v) is 4.75. The van der Waals surface area contributed by atoms with Gasteiger partial charge in [0.15, 0.2) is 0 Å². The molecule has 7 nitrogen and oxygen atoms in total. The summed E-state index contributed by atoms with van der Waals surface area (Å²) in [6, 6.07) is 1.42. The molecular weight excluding hydrogens is 344 g/mol. The molecule has 3 heterocycles. The van der Waals surface area contributed by atoms with Crippen molar-refractivity contribution < 1.29 is 9.53 Å². The highest BCUT2D eigenvalue weighted by molar-refractivity contribution is 6.30. The predicted octanol–water partition coefficient (Wildman–Crippen LogP) is 1.89. The molecule has 3 rings (SSSR count). The zero-order valence-electron chi connectivity index (χ0n) is 14.1. The first-order chi connectivity index (χ1) is 12.1. The molecule has 1 N–H and O–H groups in total. The SMILES string of the molecule is COCCn1ccnc1C1CCN(C(=O)c2cc(Cl)c[nH]c2=O)CC1. The molecule has 1 aliphatic rings. The Hall–Kier alpha value is -2.12. The number of amides is 1. The van der Waals surface area contributed by atoms with Crippen LogP contribution in [0.5, 0.6) is 0 Å². The maximum atomic E-state index is 12.6. The predicted molar refractivity (Wildman–Crippen MR) is 94.1 cm³/mol. The van der Waals surface area contributed by atoms with E-state index in [0.717, 1.165) is 25.2 Å². The number of hydrogen-bond acceptors (Lipinski definition) is 4. The van der Waals surface area contributed by atoms with Gasteiger partial charge in [-0.1, -0.05) is 11.6 Å². The highest BCUT2D eigenvalue weighted by atomic mass is 35.5. The van der Waals surface area contributed by atoms with Crippen LogP contribution in [0.2, 0.25) is 5.02 Å². The van der Waals surface area contributed by atoms with Crippen molar-refractivity contribution >= 4 is 17.5 Å². The second kappa shape index (κ2) is 7.84. The van der Waals surface area contributed by atoms with E-state index in [1.165, 1.54) is 12.3 Å². The van der Waals surface area contributed by atoms with Crippen molar-refractivity contribution in [1.82, 2.24) is 19.4 Å². The minimum absolute atomic E-state index is 0.0903. The largest absolute Gasteiger partial charge is 0.383 e. The number of likely N-dealkylation sites (tertiary alicyclic amines) is 1. The van der Waals surface area contributed by atoms with Crippen LogP contribution in [0.25, 0.3) is 0 Å². The maximum absolute atomic E-state index is 12.6. The molecule has 0 atom stereocenters. The first-order valence-electron chi connectivity index (χ1n) is 8.27. The summed E-state index contributed by atoms with van der Waals surface area (Å²) in [4.78, 5) is 33.1. The standard InChI is InChI=1S/C17H21ClN4O3/c1-25-9-8-21-7-4-19-15(21)12-2-5-22(6-3-12)17(24)14-10-13(18)11-20-16(14)23/h4,7,10-12H,2-3,5-6,8-9H2,1H3,(H,20,23). The third-order valence-electron chi connectivity index (χ3n) is 4.53. The van der Waals surface area contributed by atoms with Gasteiger partial charge < -0.3 is 19.2 Å². The number of nitrogens with zero attached hydrogens (tertiary/aromatic N) is 3. The number of carbonyl (C=O) groups excluding carboxylic acids is 1. The van der Waals surface area contributed by atoms with E-state index >= 15 is 0 Å². The van der Waals surface area contributed by atoms with Crippen LogP contribution in [0.3, 0.4) is 0 Å². The minimum atomic E-state index is -0.411. The van der Waals surface area contributed by atoms with Crippen LogP contribution in [0, 0.1) is 0 Å². The summed E-state index contributed by atoms with van der Waals surface area (Å²) in [7, 11) is 1.68. The number of H-pyrrole nitrogens is 1. The lowest BCUT2D eigenvalue weighted by atomic mass is 9.95. The summed E-state index contributed by atoms with van der Waals surface area (Å²) < 4.78 is 7.24. The van der Waals surface area contributed by atoms with Crippen molar-refractivity contribution in [3.63, 3.8) is 0 Å². The van der Waals surface area contributed by atoms with Crippen molar-refractivity contribution in [3.8, 4) is 0 Å². The van der Waals surface area contributed by atoms with Crippen molar-refractivity contribution in [1.29, 1.82) is 0 Å². The number of nitrogens with one attached hydrogen (secondary N) is 1. The highest BCUT2D eigenvalue weighted by Gasteiger charge is 2.28. The van der Waals surface area contributed by atoms with Gasteiger partial charge in [0.25, 0.3) is 11.5 Å². The summed E-state index contributed by atoms with van der Waals surface area (Å²) in [5.74, 6) is 1.06. The van der Waals surface area contributed by atoms with Crippen LogP contribution >= 0.6 is 11.6 Å². The van der Waals surface area contributed by atoms with Gasteiger partial charge in [-0.25, -0.2) is 4.98 Å². The van der Waals surface area contributed by atoms with E-state index in [9.17, 15) is 9.59 Å². The third kappa shape index (κ3) is 3.93. The summed E-state index contributed by atoms with van der Waals surface area (Å²) in [6.07, 6.45) is 6.76. The molecule has 1 fully saturated rings. The van der Waals surface area contributed by atoms with E-state index in [1.807, 2.05) is 6.20 Å². The lowest BCUT2D eigenvalue weighted by Gasteiger charge is -2.31. The Morgan fingerprint density at radius 3 is 2.92 bits per heavy atom. The molecule has 0 bridgehead atoms. The van der Waals surface area contributed by atoms with Crippen LogP contribution in [-0.2, 0) is 11.3 Å². The Labute approximate surface area is 150 Å². The fourth-order valence-electron chi connectivity index (χ4n) is 3.19. The summed E-state index contributed by atoms with van der Waals surface area (Å²) in [5.41, 5.74) is -0.320. The Morgan fingerprint density at radius 1 is 1.44 bits per heavy atom. The molecule has 1 saturated heterocycles. The number of aromatic nitrogens is 3. The fourth-order valence-corrected chi connectivity index (χ4v) is 3.35. The van der Waals surface area contributed by atoms with Gasteiger partial charge in [0, 0.05) is 51.3 Å². The Bertz CT molecular complexity index is 793. The summed E-state index contributed by atoms with van der Waals surface area (Å²) in [6.45, 7) is 2.58. The second-order valence-corrected chi connectivity index (χ2v) is 6.54. The van der Waals surface area contributed by atoms with Gasteiger partial charge in [0.05, 0.1) is 11.6 Å². The first kappa shape index (κ1) is 17.7. The van der Waals surface area contributed by atoms with Crippen LogP contribution in [0.4, 0.5) is 0 Å². The van der Waals surface area contributed by atoms with Gasteiger partial charge in [-0.05, 0) is 18.9 Å². The highest BCUT2D eigenvalue weighted by Crippen LogP contribution is 2.27. The maximum Gasteiger partial charge on any atom is 0.260 e. The molecule has 8 heteroatoms. The summed E-state index contributed by atoms with van der Waals surface area (Å²) >= 11 is 5.89. The lowest BCUT2D eigenvalue weighted by molar-refractivity contribution is 0.0708. The molecule has 1 amide bonds. The van der Waals surface area contributed by atoms with Crippen LogP contribution in [0.15, 0.2) is 29.5 Å². The Morgan fingerprint density at radius 2 is 2.20 bits per heavy atom. The van der Waals surface area contributed by atoms with Crippen LogP contribution < -0.4 is 5.56 Å². The van der Waals surface area contributed by atoms with Crippen molar-refractivity contribution in [2.75, 3.05) is 26.8 Å². The smallest absolute Gasteiger partial charge is 0.260 e. The molecule has 0 aliphatic carbocycles. The van der Waals surface area contributed by atoms with Crippen molar-refractivity contribution in [2.24, 2.45) is 0 Å². The number of pyridine rings is 1. The molecule has 134 valence electrons. The van der Waals surface area contributed by atoms with E-state index in [2.05, 4.69) is 14.5 Å². The van der Waals surface area contributed by atoms with Crippen LogP contribution in [0.1, 0.15) is 34.9 Å². The van der Waals surface area contributed by atoms with Crippen molar-refractivity contribution in [2.45, 2.75) is 25.3 Å². The number of hydrogen-bond donors (Lipinski definition) is 1. The van der Waals surface area contributed by atoms with Gasteiger partial charge in [-0.15, -0.1) is 0 Å². The molecule has 2 aromatic rings. The van der Waals surface area contributed by atoms with E-state index in [1.54, 1.807) is 18.2 Å². The van der Waals surface area contributed by atoms with Gasteiger partial charge in [-0.3, -0.25) is 9.59 Å². The number of methoxy groups -OCH3 is 1. The van der Waals surface area contributed by atoms with Gasteiger partial charge >= 0.3 is 0 Å². The molecule has 25 heavy (non-hydrogen) atoms. The minimum Gasteiger partial charge on any atom is -0.383 e. The number of imidazole rings is 1. The lowest BCUT2D eigenvalue weighted by Crippen LogP contribution is -2.40. The van der Waals surface area contributed by atoms with Gasteiger partial charge in [0.2, 0.25) is 0 Å². The van der Waals surface area contributed by atoms with Gasteiger partial charge in [-0.2, -0.15) is 0 Å². The Kier molecular flexibility index (Phi) is 5.55. The van der Waals surface area contributed by atoms with Crippen molar-refractivity contribution in [3.05, 3.63) is 51.4 Å². The number of halogens is 1. The molecule has 0 unspecified atom stereocenters. The summed E-state index contributed by atoms with van der Waals surface area (Å²) in [5, 5.41) is 0.345. The fraction of sp³-hybridized carbons (Fsp3) is 0.471. The number of aromatic amines is 1. The molecule has 0 saturated carbocycles. The zero-order valence-corrected chi connectivity index (χ0v) is 14.8. The topological polar surface area (TPSA) is 80.2 Å². The molecular formula is C17H21ClN4O3. The first-order valence-corrected chi connectivity index (χ1v) is 8.65. The monoisotopic (exact) mass is 364 g/mol. The van der Waals surface area contributed by atoms with Gasteiger partial charge in [0.1, 0.15) is 11.4 Å². The van der Waals surface area contributed by atoms with E-state index < -0.39 is 5.56 Å². The van der Waals surface area contributed by atoms with E-state index in [0.29, 0.717) is 30.6 Å². The number of piperidine rings is 1. The molecule has 0 radical (unpaired) electrons. The van der Waals surface area contributed by atoms with Crippen LogP contribution in [-0.4, -0.2) is 52.1 Å². The Balaban J connectivity index is 1.66. The average molecular weight is 365 g/mol. The average Bonchev–Trinajstić information content (AvgIpc) is 3.10.